The third-order valence-electron chi connectivity index (χ3n) is 9.53. The van der Waals surface area contributed by atoms with Gasteiger partial charge in [-0.15, -0.1) is 0 Å². The molecule has 16 heteroatoms. The first-order chi connectivity index (χ1) is 28.3. The molecule has 0 fully saturated rings. The van der Waals surface area contributed by atoms with Crippen LogP contribution in [0.25, 0.3) is 11.1 Å². The second kappa shape index (κ2) is 25.2. The SMILES string of the molecule is CCCCc1ccc(-c2ccc(C(=O)NCCC(=O)NC(CCCCNC(=O)OC(C)(C)C)C(=O)NC(C(=O)NC(C)C(=O)NC(C(=O)O)C(C)C)C(C)OC)cc2)cc1. The van der Waals surface area contributed by atoms with Crippen molar-refractivity contribution in [2.75, 3.05) is 20.2 Å². The Hall–Kier alpha value is -5.51. The number of hydrogen-bond acceptors (Lipinski definition) is 9. The van der Waals surface area contributed by atoms with Crippen molar-refractivity contribution >= 4 is 41.6 Å². The van der Waals surface area contributed by atoms with Crippen molar-refractivity contribution in [3.8, 4) is 11.1 Å². The molecule has 2 rings (SSSR count). The van der Waals surface area contributed by atoms with Gasteiger partial charge < -0.3 is 46.5 Å². The average Bonchev–Trinajstić information content (AvgIpc) is 3.19. The second-order valence-electron chi connectivity index (χ2n) is 16.2. The van der Waals surface area contributed by atoms with E-state index >= 15 is 0 Å². The Bertz CT molecular complexity index is 1730. The van der Waals surface area contributed by atoms with E-state index in [2.05, 4.69) is 63.1 Å². The molecule has 0 aliphatic heterocycles. The smallest absolute Gasteiger partial charge is 0.407 e. The van der Waals surface area contributed by atoms with E-state index in [0.29, 0.717) is 18.4 Å². The molecule has 0 aromatic heterocycles. The molecular weight excluding hydrogens is 773 g/mol. The van der Waals surface area contributed by atoms with E-state index in [1.54, 1.807) is 46.8 Å². The average molecular weight is 839 g/mol. The highest BCUT2D eigenvalue weighted by Gasteiger charge is 2.33. The van der Waals surface area contributed by atoms with Crippen LogP contribution in [-0.2, 0) is 39.9 Å². The summed E-state index contributed by atoms with van der Waals surface area (Å²) >= 11 is 0. The Morgan fingerprint density at radius 2 is 1.30 bits per heavy atom. The Morgan fingerprint density at radius 1 is 0.700 bits per heavy atom. The van der Waals surface area contributed by atoms with E-state index in [4.69, 9.17) is 9.47 Å². The predicted octanol–water partition coefficient (Wildman–Crippen LogP) is 4.25. The van der Waals surface area contributed by atoms with Crippen LogP contribution in [-0.4, -0.2) is 103 Å². The minimum Gasteiger partial charge on any atom is -0.480 e. The number of carbonyl (C=O) groups is 7. The van der Waals surface area contributed by atoms with Gasteiger partial charge >= 0.3 is 12.1 Å². The van der Waals surface area contributed by atoms with Crippen molar-refractivity contribution in [1.82, 2.24) is 31.9 Å². The third-order valence-corrected chi connectivity index (χ3v) is 9.53. The molecule has 60 heavy (non-hydrogen) atoms. The number of aliphatic carboxylic acids is 1. The van der Waals surface area contributed by atoms with Gasteiger partial charge in [0.15, 0.2) is 0 Å². The number of carbonyl (C=O) groups excluding carboxylic acids is 6. The van der Waals surface area contributed by atoms with E-state index in [-0.39, 0.29) is 31.8 Å². The van der Waals surface area contributed by atoms with Crippen LogP contribution in [0.5, 0.6) is 0 Å². The minimum absolute atomic E-state index is 0.0228. The van der Waals surface area contributed by atoms with Gasteiger partial charge in [0.05, 0.1) is 6.10 Å². The fourth-order valence-electron chi connectivity index (χ4n) is 5.91. The lowest BCUT2D eigenvalue weighted by atomic mass is 10.0. The molecule has 5 unspecified atom stereocenters. The van der Waals surface area contributed by atoms with E-state index in [1.165, 1.54) is 26.5 Å². The monoisotopic (exact) mass is 838 g/mol. The van der Waals surface area contributed by atoms with Crippen molar-refractivity contribution in [2.24, 2.45) is 5.92 Å². The molecule has 2 aromatic carbocycles. The van der Waals surface area contributed by atoms with Crippen LogP contribution in [0.3, 0.4) is 0 Å². The summed E-state index contributed by atoms with van der Waals surface area (Å²) in [6.45, 7) is 13.8. The first kappa shape index (κ1) is 50.6. The summed E-state index contributed by atoms with van der Waals surface area (Å²) in [5.41, 5.74) is 3.02. The van der Waals surface area contributed by atoms with Gasteiger partial charge in [-0.3, -0.25) is 24.0 Å². The molecule has 0 spiro atoms. The molecule has 0 heterocycles. The largest absolute Gasteiger partial charge is 0.480 e. The Morgan fingerprint density at radius 3 is 1.85 bits per heavy atom. The van der Waals surface area contributed by atoms with Gasteiger partial charge in [-0.05, 0) is 101 Å². The zero-order valence-corrected chi connectivity index (χ0v) is 36.6. The Kier molecular flexibility index (Phi) is 21.3. The number of rotatable bonds is 24. The number of ether oxygens (including phenoxy) is 2. The number of nitrogens with one attached hydrogen (secondary N) is 6. The number of aryl methyl sites for hydroxylation is 1. The molecule has 5 atom stereocenters. The second-order valence-corrected chi connectivity index (χ2v) is 16.2. The summed E-state index contributed by atoms with van der Waals surface area (Å²) in [5.74, 6) is -4.79. The van der Waals surface area contributed by atoms with Crippen molar-refractivity contribution in [3.05, 3.63) is 59.7 Å². The van der Waals surface area contributed by atoms with Gasteiger partial charge in [-0.2, -0.15) is 0 Å². The molecule has 0 saturated carbocycles. The summed E-state index contributed by atoms with van der Waals surface area (Å²) in [6, 6.07) is 10.7. The van der Waals surface area contributed by atoms with Gasteiger partial charge in [0, 0.05) is 32.2 Å². The maximum atomic E-state index is 13.7. The van der Waals surface area contributed by atoms with Gasteiger partial charge in [0.1, 0.15) is 29.8 Å². The van der Waals surface area contributed by atoms with Crippen molar-refractivity contribution in [1.29, 1.82) is 0 Å². The van der Waals surface area contributed by atoms with E-state index < -0.39 is 77.5 Å². The molecule has 2 aromatic rings. The van der Waals surface area contributed by atoms with Crippen LogP contribution in [0.2, 0.25) is 0 Å². The van der Waals surface area contributed by atoms with Gasteiger partial charge in [0.25, 0.3) is 5.91 Å². The van der Waals surface area contributed by atoms with Crippen LogP contribution >= 0.6 is 0 Å². The standard InChI is InChI=1S/C44H66N6O10/c1-10-11-14-30-16-18-31(19-17-30)32-20-22-33(23-21-32)39(53)45-26-24-35(51)48-34(15-12-13-25-46-43(58)60-44(6,7)8)40(54)50-37(29(5)59-9)41(55)47-28(4)38(52)49-36(27(2)3)42(56)57/h16-23,27-29,34,36-37H,10-15,24-26H2,1-9H3,(H,45,53)(H,46,58)(H,47,55)(H,48,51)(H,49,52)(H,50,54)(H,56,57). The quantitative estimate of drug-likeness (QED) is 0.0744. The molecule has 0 aliphatic carbocycles. The van der Waals surface area contributed by atoms with E-state index in [0.717, 1.165) is 30.4 Å². The van der Waals surface area contributed by atoms with Crippen LogP contribution in [0.15, 0.2) is 48.5 Å². The van der Waals surface area contributed by atoms with Crippen LogP contribution < -0.4 is 31.9 Å². The molecule has 332 valence electrons. The highest BCUT2D eigenvalue weighted by Crippen LogP contribution is 2.21. The van der Waals surface area contributed by atoms with E-state index in [1.807, 2.05) is 12.1 Å². The van der Waals surface area contributed by atoms with E-state index in [9.17, 15) is 38.7 Å². The van der Waals surface area contributed by atoms with Crippen LogP contribution in [0.4, 0.5) is 4.79 Å². The fourth-order valence-corrected chi connectivity index (χ4v) is 5.91. The molecular formula is C44H66N6O10. The molecule has 0 saturated heterocycles. The summed E-state index contributed by atoms with van der Waals surface area (Å²) < 4.78 is 10.6. The number of benzene rings is 2. The lowest BCUT2D eigenvalue weighted by molar-refractivity contribution is -0.143. The lowest BCUT2D eigenvalue weighted by Crippen LogP contribution is -2.60. The fraction of sp³-hybridized carbons (Fsp3) is 0.568. The molecule has 16 nitrogen and oxygen atoms in total. The zero-order valence-electron chi connectivity index (χ0n) is 36.6. The Labute approximate surface area is 354 Å². The summed E-state index contributed by atoms with van der Waals surface area (Å²) in [7, 11) is 1.33. The topological polar surface area (TPSA) is 230 Å². The summed E-state index contributed by atoms with van der Waals surface area (Å²) in [4.78, 5) is 89.8. The molecule has 0 bridgehead atoms. The van der Waals surface area contributed by atoms with Crippen molar-refractivity contribution in [2.45, 2.75) is 136 Å². The maximum Gasteiger partial charge on any atom is 0.407 e. The van der Waals surface area contributed by atoms with Crippen molar-refractivity contribution < 1.29 is 48.1 Å². The summed E-state index contributed by atoms with van der Waals surface area (Å²) in [6.07, 6.45) is 2.58. The van der Waals surface area contributed by atoms with Gasteiger partial charge in [0.2, 0.25) is 23.6 Å². The summed E-state index contributed by atoms with van der Waals surface area (Å²) in [5, 5.41) is 25.1. The highest BCUT2D eigenvalue weighted by molar-refractivity contribution is 5.96. The Balaban J connectivity index is 2.09. The zero-order chi connectivity index (χ0) is 45.0. The van der Waals surface area contributed by atoms with Crippen LogP contribution in [0, 0.1) is 5.92 Å². The number of unbranched alkanes of at least 4 members (excludes halogenated alkanes) is 2. The number of hydrogen-bond donors (Lipinski definition) is 7. The third kappa shape index (κ3) is 18.2. The number of carboxylic acids is 1. The number of amides is 6. The molecule has 0 radical (unpaired) electrons. The number of methoxy groups -OCH3 is 1. The molecule has 0 aliphatic rings. The maximum absolute atomic E-state index is 13.7. The first-order valence-electron chi connectivity index (χ1n) is 20.7. The molecule has 6 amide bonds. The van der Waals surface area contributed by atoms with Gasteiger partial charge in [-0.25, -0.2) is 9.59 Å². The van der Waals surface area contributed by atoms with Crippen molar-refractivity contribution in [3.63, 3.8) is 0 Å². The number of alkyl carbamates (subject to hydrolysis) is 1. The predicted molar refractivity (Wildman–Crippen MR) is 228 cm³/mol. The first-order valence-corrected chi connectivity index (χ1v) is 20.7. The normalized spacial score (nSPS) is 13.8. The van der Waals surface area contributed by atoms with Gasteiger partial charge in [-0.1, -0.05) is 63.6 Å². The molecule has 7 N–H and O–H groups in total. The number of carboxylic acid groups (broad SMARTS) is 1. The highest BCUT2D eigenvalue weighted by atomic mass is 16.6. The van der Waals surface area contributed by atoms with Crippen LogP contribution in [0.1, 0.15) is 110 Å². The minimum atomic E-state index is -1.32. The lowest BCUT2D eigenvalue weighted by Gasteiger charge is -2.28.